The molecule has 1 amide bonds. The average molecular weight is 334 g/mol. The van der Waals surface area contributed by atoms with E-state index in [0.717, 1.165) is 11.3 Å². The van der Waals surface area contributed by atoms with Gasteiger partial charge in [0.2, 0.25) is 0 Å². The number of non-ortho nitro benzene ring substituents is 1. The number of nitro benzene ring substituents is 1. The summed E-state index contributed by atoms with van der Waals surface area (Å²) < 4.78 is 4.60. The number of nitro groups is 1. The van der Waals surface area contributed by atoms with Gasteiger partial charge in [-0.2, -0.15) is 0 Å². The number of carbonyl (C=O) groups excluding carboxylic acids is 2. The Kier molecular flexibility index (Phi) is 5.07. The van der Waals surface area contributed by atoms with E-state index in [1.165, 1.54) is 30.2 Å². The summed E-state index contributed by atoms with van der Waals surface area (Å²) >= 11 is 1.05. The fraction of sp³-hybridized carbons (Fsp3) is 0.200. The zero-order chi connectivity index (χ0) is 17.0. The maximum atomic E-state index is 12.3. The van der Waals surface area contributed by atoms with Gasteiger partial charge >= 0.3 is 5.97 Å². The summed E-state index contributed by atoms with van der Waals surface area (Å²) in [6.45, 7) is 0.228. The van der Waals surface area contributed by atoms with Gasteiger partial charge in [-0.3, -0.25) is 14.9 Å². The molecule has 0 saturated carbocycles. The fourth-order valence-electron chi connectivity index (χ4n) is 1.97. The Bertz CT molecular complexity index is 756. The van der Waals surface area contributed by atoms with Crippen molar-refractivity contribution < 1.29 is 19.2 Å². The molecule has 0 atom stereocenters. The number of benzene rings is 1. The first-order valence-electron chi connectivity index (χ1n) is 6.59. The Labute approximate surface area is 136 Å². The summed E-state index contributed by atoms with van der Waals surface area (Å²) in [6.07, 6.45) is 0. The van der Waals surface area contributed by atoms with Crippen molar-refractivity contribution in [2.24, 2.45) is 0 Å². The number of esters is 1. The highest BCUT2D eigenvalue weighted by Crippen LogP contribution is 2.20. The van der Waals surface area contributed by atoms with Gasteiger partial charge in [0, 0.05) is 25.7 Å². The van der Waals surface area contributed by atoms with Crippen LogP contribution >= 0.6 is 11.3 Å². The average Bonchev–Trinajstić information content (AvgIpc) is 3.03. The van der Waals surface area contributed by atoms with Gasteiger partial charge < -0.3 is 9.64 Å². The summed E-state index contributed by atoms with van der Waals surface area (Å²) in [5.74, 6) is -0.757. The largest absolute Gasteiger partial charge is 0.465 e. The van der Waals surface area contributed by atoms with E-state index in [-0.39, 0.29) is 18.1 Å². The summed E-state index contributed by atoms with van der Waals surface area (Å²) in [5.41, 5.74) is 0.632. The van der Waals surface area contributed by atoms with Gasteiger partial charge in [-0.05, 0) is 17.7 Å². The normalized spacial score (nSPS) is 10.2. The van der Waals surface area contributed by atoms with Crippen molar-refractivity contribution in [3.8, 4) is 0 Å². The predicted octanol–water partition coefficient (Wildman–Crippen LogP) is 2.72. The SMILES string of the molecule is COC(=O)c1ccc(C(=O)N(C)Cc2cccc([N+](=O)[O-])c2)s1. The van der Waals surface area contributed by atoms with Gasteiger partial charge in [-0.15, -0.1) is 11.3 Å². The molecule has 1 aromatic heterocycles. The molecular weight excluding hydrogens is 320 g/mol. The van der Waals surface area contributed by atoms with Crippen LogP contribution in [0.15, 0.2) is 36.4 Å². The van der Waals surface area contributed by atoms with Gasteiger partial charge in [-0.1, -0.05) is 12.1 Å². The second-order valence-corrected chi connectivity index (χ2v) is 5.83. The molecule has 7 nitrogen and oxygen atoms in total. The van der Waals surface area contributed by atoms with Crippen LogP contribution in [0.2, 0.25) is 0 Å². The third-order valence-electron chi connectivity index (χ3n) is 3.09. The number of thiophene rings is 1. The molecule has 2 aromatic rings. The Morgan fingerprint density at radius 2 is 1.96 bits per heavy atom. The van der Waals surface area contributed by atoms with E-state index in [0.29, 0.717) is 15.3 Å². The lowest BCUT2D eigenvalue weighted by molar-refractivity contribution is -0.384. The van der Waals surface area contributed by atoms with Gasteiger partial charge in [0.25, 0.3) is 11.6 Å². The van der Waals surface area contributed by atoms with Gasteiger partial charge in [0.15, 0.2) is 0 Å². The van der Waals surface area contributed by atoms with Crippen LogP contribution in [0.3, 0.4) is 0 Å². The zero-order valence-corrected chi connectivity index (χ0v) is 13.3. The van der Waals surface area contributed by atoms with Crippen molar-refractivity contribution >= 4 is 28.9 Å². The quantitative estimate of drug-likeness (QED) is 0.476. The molecule has 23 heavy (non-hydrogen) atoms. The molecule has 0 unspecified atom stereocenters. The minimum atomic E-state index is -0.490. The molecule has 0 spiro atoms. The molecule has 0 aliphatic carbocycles. The number of hydrogen-bond donors (Lipinski definition) is 0. The number of methoxy groups -OCH3 is 1. The van der Waals surface area contributed by atoms with Crippen molar-refractivity contribution in [3.05, 3.63) is 61.8 Å². The zero-order valence-electron chi connectivity index (χ0n) is 12.5. The highest BCUT2D eigenvalue weighted by Gasteiger charge is 2.18. The van der Waals surface area contributed by atoms with Crippen LogP contribution in [0.25, 0.3) is 0 Å². The Hall–Kier alpha value is -2.74. The number of nitrogens with zero attached hydrogens (tertiary/aromatic N) is 2. The minimum Gasteiger partial charge on any atom is -0.465 e. The van der Waals surface area contributed by atoms with E-state index >= 15 is 0 Å². The molecule has 0 aliphatic heterocycles. The van der Waals surface area contributed by atoms with Crippen molar-refractivity contribution in [2.75, 3.05) is 14.2 Å². The van der Waals surface area contributed by atoms with E-state index in [2.05, 4.69) is 4.74 Å². The highest BCUT2D eigenvalue weighted by atomic mass is 32.1. The smallest absolute Gasteiger partial charge is 0.348 e. The molecular formula is C15H14N2O5S. The molecule has 1 heterocycles. The molecule has 2 rings (SSSR count). The van der Waals surface area contributed by atoms with Crippen LogP contribution in [0.1, 0.15) is 24.9 Å². The fourth-order valence-corrected chi connectivity index (χ4v) is 2.88. The van der Waals surface area contributed by atoms with E-state index in [9.17, 15) is 19.7 Å². The molecule has 0 bridgehead atoms. The summed E-state index contributed by atoms with van der Waals surface area (Å²) in [6, 6.07) is 9.21. The van der Waals surface area contributed by atoms with Crippen LogP contribution in [0.4, 0.5) is 5.69 Å². The molecule has 0 saturated heterocycles. The maximum Gasteiger partial charge on any atom is 0.348 e. The Morgan fingerprint density at radius 3 is 2.61 bits per heavy atom. The van der Waals surface area contributed by atoms with Gasteiger partial charge in [0.1, 0.15) is 4.88 Å². The first-order valence-corrected chi connectivity index (χ1v) is 7.41. The molecule has 120 valence electrons. The van der Waals surface area contributed by atoms with E-state index < -0.39 is 10.9 Å². The number of ether oxygens (including phenoxy) is 1. The third kappa shape index (κ3) is 3.92. The second kappa shape index (κ2) is 7.01. The molecule has 8 heteroatoms. The van der Waals surface area contributed by atoms with Crippen molar-refractivity contribution in [2.45, 2.75) is 6.54 Å². The van der Waals surface area contributed by atoms with Crippen molar-refractivity contribution in [3.63, 3.8) is 0 Å². The van der Waals surface area contributed by atoms with E-state index in [4.69, 9.17) is 0 Å². The van der Waals surface area contributed by atoms with E-state index in [1.807, 2.05) is 0 Å². The van der Waals surface area contributed by atoms with Crippen molar-refractivity contribution in [1.82, 2.24) is 4.90 Å². The molecule has 0 aliphatic rings. The monoisotopic (exact) mass is 334 g/mol. The van der Waals surface area contributed by atoms with Crippen LogP contribution < -0.4 is 0 Å². The number of carbonyl (C=O) groups is 2. The third-order valence-corrected chi connectivity index (χ3v) is 4.14. The molecule has 0 fully saturated rings. The van der Waals surface area contributed by atoms with E-state index in [1.54, 1.807) is 25.2 Å². The Morgan fingerprint density at radius 1 is 1.26 bits per heavy atom. The lowest BCUT2D eigenvalue weighted by Crippen LogP contribution is -2.25. The first kappa shape index (κ1) is 16.6. The molecule has 1 aromatic carbocycles. The van der Waals surface area contributed by atoms with Crippen LogP contribution in [-0.2, 0) is 11.3 Å². The standard InChI is InChI=1S/C15H14N2O5S/c1-16(9-10-4-3-5-11(8-10)17(20)21)14(18)12-6-7-13(23-12)15(19)22-2/h3-8H,9H2,1-2H3. The highest BCUT2D eigenvalue weighted by molar-refractivity contribution is 7.15. The van der Waals surface area contributed by atoms with Gasteiger partial charge in [-0.25, -0.2) is 4.79 Å². The summed E-state index contributed by atoms with van der Waals surface area (Å²) in [4.78, 5) is 36.2. The van der Waals surface area contributed by atoms with Crippen LogP contribution in [-0.4, -0.2) is 35.9 Å². The number of hydrogen-bond acceptors (Lipinski definition) is 6. The minimum absolute atomic E-state index is 0.0209. The summed E-state index contributed by atoms with van der Waals surface area (Å²) in [5, 5.41) is 10.8. The molecule has 0 radical (unpaired) electrons. The van der Waals surface area contributed by atoms with Crippen LogP contribution in [0, 0.1) is 10.1 Å². The topological polar surface area (TPSA) is 89.8 Å². The number of amides is 1. The maximum absolute atomic E-state index is 12.3. The second-order valence-electron chi connectivity index (χ2n) is 4.74. The van der Waals surface area contributed by atoms with Gasteiger partial charge in [0.05, 0.1) is 16.9 Å². The predicted molar refractivity (Wildman–Crippen MR) is 84.6 cm³/mol. The first-order chi connectivity index (χ1) is 10.9. The summed E-state index contributed by atoms with van der Waals surface area (Å²) in [7, 11) is 2.87. The molecule has 0 N–H and O–H groups in total. The number of rotatable bonds is 5. The van der Waals surface area contributed by atoms with Crippen molar-refractivity contribution in [1.29, 1.82) is 0 Å². The van der Waals surface area contributed by atoms with Crippen LogP contribution in [0.5, 0.6) is 0 Å². The Balaban J connectivity index is 2.11. The lowest BCUT2D eigenvalue weighted by atomic mass is 10.2. The lowest BCUT2D eigenvalue weighted by Gasteiger charge is -2.16.